The van der Waals surface area contributed by atoms with Crippen molar-refractivity contribution in [1.82, 2.24) is 15.8 Å². The number of carbonyl (C=O) groups is 3. The predicted octanol–water partition coefficient (Wildman–Crippen LogP) is 1.09. The SMILES string of the molecule is CC1(C)C[C@@]2(C[C@@H]2C(=O)NN2CC(=O)NC2=O)c2ccccc2O1. The smallest absolute Gasteiger partial charge is 0.343 e. The van der Waals surface area contributed by atoms with E-state index in [1.807, 2.05) is 38.1 Å². The normalized spacial score (nSPS) is 29.8. The number of hydrogen-bond acceptors (Lipinski definition) is 4. The highest BCUT2D eigenvalue weighted by Gasteiger charge is 2.64. The Hall–Kier alpha value is -2.57. The second-order valence-electron chi connectivity index (χ2n) is 7.36. The minimum Gasteiger partial charge on any atom is -0.488 e. The quantitative estimate of drug-likeness (QED) is 0.795. The summed E-state index contributed by atoms with van der Waals surface area (Å²) >= 11 is 0. The highest BCUT2D eigenvalue weighted by atomic mass is 16.5. The fourth-order valence-corrected chi connectivity index (χ4v) is 4.04. The summed E-state index contributed by atoms with van der Waals surface area (Å²) < 4.78 is 6.04. The maximum absolute atomic E-state index is 12.6. The first-order valence-electron chi connectivity index (χ1n) is 8.01. The van der Waals surface area contributed by atoms with E-state index in [1.54, 1.807) is 0 Å². The molecule has 0 radical (unpaired) electrons. The minimum absolute atomic E-state index is 0.143. The van der Waals surface area contributed by atoms with Gasteiger partial charge in [-0.15, -0.1) is 0 Å². The molecular formula is C17H19N3O4. The molecule has 126 valence electrons. The molecule has 1 aromatic rings. The van der Waals surface area contributed by atoms with Gasteiger partial charge in [0.15, 0.2) is 0 Å². The zero-order valence-corrected chi connectivity index (χ0v) is 13.6. The number of carbonyl (C=O) groups excluding carboxylic acids is 3. The molecule has 2 aliphatic heterocycles. The third kappa shape index (κ3) is 2.23. The molecule has 0 unspecified atom stereocenters. The minimum atomic E-state index is -0.587. The molecule has 2 atom stereocenters. The van der Waals surface area contributed by atoms with Crippen molar-refractivity contribution in [2.75, 3.05) is 6.54 Å². The number of hydrogen-bond donors (Lipinski definition) is 2. The standard InChI is InChI=1S/C17H19N3O4/c1-16(2)9-17(10-5-3-4-6-12(10)24-16)7-11(17)14(22)19-20-8-13(21)18-15(20)23/h3-6,11H,7-9H2,1-2H3,(H,19,22)(H,18,21,23)/t11-,17+/m1/s1. The number of fused-ring (bicyclic) bond motifs is 2. The van der Waals surface area contributed by atoms with Crippen molar-refractivity contribution >= 4 is 17.8 Å². The van der Waals surface area contributed by atoms with Crippen LogP contribution in [-0.2, 0) is 15.0 Å². The van der Waals surface area contributed by atoms with E-state index >= 15 is 0 Å². The summed E-state index contributed by atoms with van der Waals surface area (Å²) in [6.07, 6.45) is 1.45. The summed E-state index contributed by atoms with van der Waals surface area (Å²) in [5, 5.41) is 3.18. The number of benzene rings is 1. The summed E-state index contributed by atoms with van der Waals surface area (Å²) in [4.78, 5) is 35.4. The first-order valence-corrected chi connectivity index (χ1v) is 8.01. The van der Waals surface area contributed by atoms with E-state index in [0.717, 1.165) is 22.7 Å². The number of nitrogens with one attached hydrogen (secondary N) is 2. The number of urea groups is 1. The Morgan fingerprint density at radius 2 is 2.08 bits per heavy atom. The lowest BCUT2D eigenvalue weighted by atomic mass is 9.80. The molecule has 0 aromatic heterocycles. The van der Waals surface area contributed by atoms with Crippen LogP contribution in [-0.4, -0.2) is 35.0 Å². The van der Waals surface area contributed by atoms with Crippen LogP contribution in [0, 0.1) is 5.92 Å². The van der Waals surface area contributed by atoms with Gasteiger partial charge in [-0.25, -0.2) is 9.80 Å². The molecule has 1 spiro atoms. The summed E-state index contributed by atoms with van der Waals surface area (Å²) in [5.41, 5.74) is 3.00. The lowest BCUT2D eigenvalue weighted by Gasteiger charge is -2.38. The van der Waals surface area contributed by atoms with Gasteiger partial charge >= 0.3 is 6.03 Å². The van der Waals surface area contributed by atoms with Crippen LogP contribution in [0.3, 0.4) is 0 Å². The molecule has 7 heteroatoms. The van der Waals surface area contributed by atoms with E-state index < -0.39 is 11.9 Å². The van der Waals surface area contributed by atoms with Gasteiger partial charge in [-0.2, -0.15) is 0 Å². The molecule has 7 nitrogen and oxygen atoms in total. The number of ether oxygens (including phenoxy) is 1. The lowest BCUT2D eigenvalue weighted by molar-refractivity contribution is -0.127. The van der Waals surface area contributed by atoms with Gasteiger partial charge in [0, 0.05) is 11.0 Å². The summed E-state index contributed by atoms with van der Waals surface area (Å²) in [7, 11) is 0. The Bertz CT molecular complexity index is 760. The second-order valence-corrected chi connectivity index (χ2v) is 7.36. The van der Waals surface area contributed by atoms with Crippen molar-refractivity contribution < 1.29 is 19.1 Å². The van der Waals surface area contributed by atoms with Gasteiger partial charge in [-0.1, -0.05) is 18.2 Å². The molecular weight excluding hydrogens is 310 g/mol. The van der Waals surface area contributed by atoms with E-state index in [0.29, 0.717) is 6.42 Å². The third-order valence-corrected chi connectivity index (χ3v) is 4.98. The highest BCUT2D eigenvalue weighted by molar-refractivity contribution is 6.02. The van der Waals surface area contributed by atoms with Crippen LogP contribution >= 0.6 is 0 Å². The van der Waals surface area contributed by atoms with Crippen LogP contribution in [0.5, 0.6) is 5.75 Å². The molecule has 3 aliphatic rings. The average Bonchev–Trinajstić information content (AvgIpc) is 3.10. The van der Waals surface area contributed by atoms with Crippen molar-refractivity contribution in [3.05, 3.63) is 29.8 Å². The van der Waals surface area contributed by atoms with E-state index in [1.165, 1.54) is 0 Å². The number of para-hydroxylation sites is 1. The Kier molecular flexibility index (Phi) is 2.95. The maximum atomic E-state index is 12.6. The van der Waals surface area contributed by atoms with Crippen LogP contribution in [0.2, 0.25) is 0 Å². The number of rotatable bonds is 2. The van der Waals surface area contributed by atoms with Crippen LogP contribution < -0.4 is 15.5 Å². The third-order valence-electron chi connectivity index (χ3n) is 4.98. The lowest BCUT2D eigenvalue weighted by Crippen LogP contribution is -2.46. The Morgan fingerprint density at radius 3 is 2.79 bits per heavy atom. The van der Waals surface area contributed by atoms with Crippen LogP contribution in [0.4, 0.5) is 4.79 Å². The number of amides is 4. The van der Waals surface area contributed by atoms with Crippen LogP contribution in [0.25, 0.3) is 0 Å². The number of hydrazine groups is 1. The average molecular weight is 329 g/mol. The van der Waals surface area contributed by atoms with Crippen molar-refractivity contribution in [3.63, 3.8) is 0 Å². The largest absolute Gasteiger partial charge is 0.488 e. The van der Waals surface area contributed by atoms with Gasteiger partial charge in [0.1, 0.15) is 17.9 Å². The van der Waals surface area contributed by atoms with Crippen LogP contribution in [0.1, 0.15) is 32.3 Å². The predicted molar refractivity (Wildman–Crippen MR) is 83.9 cm³/mol. The monoisotopic (exact) mass is 329 g/mol. The van der Waals surface area contributed by atoms with E-state index in [2.05, 4.69) is 10.7 Å². The fourth-order valence-electron chi connectivity index (χ4n) is 4.04. The number of nitrogens with zero attached hydrogens (tertiary/aromatic N) is 1. The molecule has 1 saturated heterocycles. The van der Waals surface area contributed by atoms with Crippen molar-refractivity contribution in [2.45, 2.75) is 37.7 Å². The van der Waals surface area contributed by atoms with E-state index in [-0.39, 0.29) is 29.4 Å². The molecule has 4 amide bonds. The molecule has 2 N–H and O–H groups in total. The molecule has 1 saturated carbocycles. The zero-order valence-electron chi connectivity index (χ0n) is 13.6. The van der Waals surface area contributed by atoms with Gasteiger partial charge in [-0.3, -0.25) is 20.3 Å². The molecule has 24 heavy (non-hydrogen) atoms. The van der Waals surface area contributed by atoms with Crippen molar-refractivity contribution in [3.8, 4) is 5.75 Å². The van der Waals surface area contributed by atoms with Gasteiger partial charge < -0.3 is 4.74 Å². The molecule has 2 heterocycles. The molecule has 1 aromatic carbocycles. The topological polar surface area (TPSA) is 87.7 Å². The molecule has 2 fully saturated rings. The van der Waals surface area contributed by atoms with Crippen LogP contribution in [0.15, 0.2) is 24.3 Å². The molecule has 1 aliphatic carbocycles. The fraction of sp³-hybridized carbons (Fsp3) is 0.471. The first-order chi connectivity index (χ1) is 11.3. The Labute approximate surface area is 139 Å². The first kappa shape index (κ1) is 15.0. The van der Waals surface area contributed by atoms with Gasteiger partial charge in [-0.05, 0) is 32.8 Å². The summed E-state index contributed by atoms with van der Waals surface area (Å²) in [5.74, 6) is -0.0563. The second kappa shape index (κ2) is 4.72. The zero-order chi connectivity index (χ0) is 17.1. The number of imide groups is 1. The van der Waals surface area contributed by atoms with Gasteiger partial charge in [0.2, 0.25) is 11.8 Å². The maximum Gasteiger partial charge on any atom is 0.343 e. The molecule has 0 bridgehead atoms. The summed E-state index contributed by atoms with van der Waals surface area (Å²) in [6.45, 7) is 3.89. The molecule has 4 rings (SSSR count). The van der Waals surface area contributed by atoms with Crippen molar-refractivity contribution in [1.29, 1.82) is 0 Å². The van der Waals surface area contributed by atoms with E-state index in [9.17, 15) is 14.4 Å². The van der Waals surface area contributed by atoms with E-state index in [4.69, 9.17) is 4.74 Å². The van der Waals surface area contributed by atoms with Crippen molar-refractivity contribution in [2.24, 2.45) is 5.92 Å². The highest BCUT2D eigenvalue weighted by Crippen LogP contribution is 2.63. The van der Waals surface area contributed by atoms with Gasteiger partial charge in [0.05, 0.1) is 5.92 Å². The van der Waals surface area contributed by atoms with Gasteiger partial charge in [0.25, 0.3) is 0 Å². The Morgan fingerprint density at radius 1 is 1.33 bits per heavy atom. The Balaban J connectivity index is 1.57. The summed E-state index contributed by atoms with van der Waals surface area (Å²) in [6, 6.07) is 7.21.